The lowest BCUT2D eigenvalue weighted by Gasteiger charge is -2.38. The molecule has 1 atom stereocenters. The Morgan fingerprint density at radius 1 is 1.09 bits per heavy atom. The van der Waals surface area contributed by atoms with Gasteiger partial charge in [-0.15, -0.1) is 10.2 Å². The summed E-state index contributed by atoms with van der Waals surface area (Å²) in [7, 11) is 0. The summed E-state index contributed by atoms with van der Waals surface area (Å²) in [6.07, 6.45) is 12.6. The van der Waals surface area contributed by atoms with E-state index in [1.807, 2.05) is 29.9 Å². The van der Waals surface area contributed by atoms with E-state index in [0.717, 1.165) is 76.0 Å². The first-order chi connectivity index (χ1) is 22.4. The highest BCUT2D eigenvalue weighted by Gasteiger charge is 2.41. The van der Waals surface area contributed by atoms with E-state index >= 15 is 0 Å². The second-order valence-electron chi connectivity index (χ2n) is 12.5. The van der Waals surface area contributed by atoms with Crippen LogP contribution in [0, 0.1) is 0 Å². The van der Waals surface area contributed by atoms with E-state index in [2.05, 4.69) is 35.7 Å². The number of halogens is 1. The molecule has 1 aromatic carbocycles. The van der Waals surface area contributed by atoms with E-state index in [1.165, 1.54) is 0 Å². The average molecular weight is 651 g/mol. The van der Waals surface area contributed by atoms with Crippen LogP contribution in [0.2, 0.25) is 5.02 Å². The van der Waals surface area contributed by atoms with Crippen LogP contribution in [0.15, 0.2) is 43.1 Å². The van der Waals surface area contributed by atoms with E-state index in [9.17, 15) is 5.11 Å². The third kappa shape index (κ3) is 7.41. The molecule has 0 spiro atoms. The highest BCUT2D eigenvalue weighted by molar-refractivity contribution is 6.32. The minimum absolute atomic E-state index is 0.206. The Morgan fingerprint density at radius 2 is 1.85 bits per heavy atom. The Balaban J connectivity index is 1.03. The number of nitrogens with zero attached hydrogens (tertiary/aromatic N) is 9. The SMILES string of the molecule is C[C@@H](Cn1cnnn1)Oc1cc(-c2cnc(Nc3cn(C4CCC(N5CCOCC5)CC4)nc3OCC3(O)CC3)nc2)ccc1Cl. The standard InChI is InChI=1S/C31H39ClN10O4/c1-21(17-41-20-35-38-39-41)46-28-14-22(2-7-26(28)32)23-15-33-30(34-16-23)36-27-18-42(37-29(27)45-19-31(43)8-9-31)25-5-3-24(4-6-25)40-10-12-44-13-11-40/h2,7,14-16,18,20-21,24-25,43H,3-6,8-13,17,19H2,1H3,(H,33,34,36)/t21-,24?,25?/m0/s1. The molecule has 4 aromatic rings. The molecule has 3 fully saturated rings. The zero-order chi connectivity index (χ0) is 31.5. The zero-order valence-corrected chi connectivity index (χ0v) is 26.6. The molecule has 0 bridgehead atoms. The summed E-state index contributed by atoms with van der Waals surface area (Å²) in [5, 5.41) is 30.2. The number of hydrogen-bond acceptors (Lipinski definition) is 12. The molecule has 2 saturated carbocycles. The second-order valence-corrected chi connectivity index (χ2v) is 12.9. The van der Waals surface area contributed by atoms with Crippen molar-refractivity contribution in [2.24, 2.45) is 0 Å². The molecule has 0 unspecified atom stereocenters. The van der Waals surface area contributed by atoms with Crippen LogP contribution in [-0.4, -0.2) is 101 Å². The van der Waals surface area contributed by atoms with Gasteiger partial charge in [0, 0.05) is 37.1 Å². The first-order valence-electron chi connectivity index (χ1n) is 15.9. The molecule has 0 amide bonds. The van der Waals surface area contributed by atoms with Crippen molar-refractivity contribution in [1.82, 2.24) is 44.9 Å². The summed E-state index contributed by atoms with van der Waals surface area (Å²) in [6.45, 7) is 6.28. The largest absolute Gasteiger partial charge is 0.487 e. The highest BCUT2D eigenvalue weighted by atomic mass is 35.5. The van der Waals surface area contributed by atoms with Crippen LogP contribution in [0.25, 0.3) is 11.1 Å². The fourth-order valence-corrected chi connectivity index (χ4v) is 6.26. The fourth-order valence-electron chi connectivity index (χ4n) is 6.09. The van der Waals surface area contributed by atoms with E-state index in [1.54, 1.807) is 29.5 Å². The van der Waals surface area contributed by atoms with Crippen LogP contribution in [-0.2, 0) is 11.3 Å². The summed E-state index contributed by atoms with van der Waals surface area (Å²) < 4.78 is 21.3. The maximum atomic E-state index is 10.4. The number of rotatable bonds is 12. The molecule has 3 aromatic heterocycles. The Labute approximate surface area is 272 Å². The molecule has 46 heavy (non-hydrogen) atoms. The predicted molar refractivity (Wildman–Crippen MR) is 169 cm³/mol. The van der Waals surface area contributed by atoms with E-state index < -0.39 is 5.60 Å². The number of nitrogens with one attached hydrogen (secondary N) is 1. The summed E-state index contributed by atoms with van der Waals surface area (Å²) in [5.74, 6) is 1.40. The number of tetrazole rings is 1. The van der Waals surface area contributed by atoms with Crippen molar-refractivity contribution in [1.29, 1.82) is 0 Å². The van der Waals surface area contributed by atoms with E-state index in [0.29, 0.717) is 40.9 Å². The molecule has 3 aliphatic rings. The Hall–Kier alpha value is -3.85. The number of aromatic nitrogens is 8. The summed E-state index contributed by atoms with van der Waals surface area (Å²) >= 11 is 6.44. The van der Waals surface area contributed by atoms with Gasteiger partial charge in [0.05, 0.1) is 42.6 Å². The van der Waals surface area contributed by atoms with Gasteiger partial charge in [-0.25, -0.2) is 14.6 Å². The fraction of sp³-hybridized carbons (Fsp3) is 0.548. The van der Waals surface area contributed by atoms with Gasteiger partial charge in [0.1, 0.15) is 30.5 Å². The number of benzene rings is 1. The van der Waals surface area contributed by atoms with Crippen molar-refractivity contribution in [2.75, 3.05) is 38.2 Å². The summed E-state index contributed by atoms with van der Waals surface area (Å²) in [6, 6.07) is 6.45. The van der Waals surface area contributed by atoms with Crippen molar-refractivity contribution in [2.45, 2.75) is 75.8 Å². The van der Waals surface area contributed by atoms with Gasteiger partial charge in [-0.3, -0.25) is 9.58 Å². The van der Waals surface area contributed by atoms with Gasteiger partial charge in [-0.05, 0) is 73.6 Å². The summed E-state index contributed by atoms with van der Waals surface area (Å²) in [4.78, 5) is 11.7. The van der Waals surface area contributed by atoms with Crippen LogP contribution in [0.1, 0.15) is 51.5 Å². The average Bonchev–Trinajstić information content (AvgIpc) is 3.41. The van der Waals surface area contributed by atoms with Gasteiger partial charge in [0.25, 0.3) is 5.88 Å². The highest BCUT2D eigenvalue weighted by Crippen LogP contribution is 2.38. The van der Waals surface area contributed by atoms with Crippen LogP contribution >= 0.6 is 11.6 Å². The van der Waals surface area contributed by atoms with Crippen molar-refractivity contribution < 1.29 is 19.3 Å². The Kier molecular flexibility index (Phi) is 9.02. The normalized spacial score (nSPS) is 21.9. The smallest absolute Gasteiger partial charge is 0.257 e. The molecule has 2 aliphatic carbocycles. The Morgan fingerprint density at radius 3 is 2.57 bits per heavy atom. The number of aliphatic hydroxyl groups is 1. The topological polar surface area (TPSA) is 150 Å². The molecule has 0 radical (unpaired) electrons. The molecule has 1 aliphatic heterocycles. The van der Waals surface area contributed by atoms with Crippen molar-refractivity contribution in [3.05, 3.63) is 48.1 Å². The lowest BCUT2D eigenvalue weighted by atomic mass is 9.90. The van der Waals surface area contributed by atoms with E-state index in [-0.39, 0.29) is 18.8 Å². The minimum Gasteiger partial charge on any atom is -0.487 e. The molecule has 7 rings (SSSR count). The zero-order valence-electron chi connectivity index (χ0n) is 25.8. The monoisotopic (exact) mass is 650 g/mol. The van der Waals surface area contributed by atoms with Gasteiger partial charge >= 0.3 is 0 Å². The Bertz CT molecular complexity index is 1580. The number of hydrogen-bond donors (Lipinski definition) is 2. The molecular formula is C31H39ClN10O4. The van der Waals surface area contributed by atoms with Gasteiger partial charge in [0.15, 0.2) is 0 Å². The van der Waals surface area contributed by atoms with Crippen molar-refractivity contribution in [3.63, 3.8) is 0 Å². The maximum absolute atomic E-state index is 10.4. The van der Waals surface area contributed by atoms with Crippen LogP contribution in [0.4, 0.5) is 11.6 Å². The maximum Gasteiger partial charge on any atom is 0.257 e. The van der Waals surface area contributed by atoms with Gasteiger partial charge in [0.2, 0.25) is 5.95 Å². The third-order valence-corrected chi connectivity index (χ3v) is 9.24. The molecule has 14 nitrogen and oxygen atoms in total. The summed E-state index contributed by atoms with van der Waals surface area (Å²) in [5.41, 5.74) is 1.58. The predicted octanol–water partition coefficient (Wildman–Crippen LogP) is 3.91. The molecule has 4 heterocycles. The van der Waals surface area contributed by atoms with Crippen LogP contribution < -0.4 is 14.8 Å². The van der Waals surface area contributed by atoms with Gasteiger partial charge in [-0.1, -0.05) is 17.7 Å². The number of anilines is 2. The van der Waals surface area contributed by atoms with Gasteiger partial charge < -0.3 is 24.6 Å². The molecule has 1 saturated heterocycles. The lowest BCUT2D eigenvalue weighted by molar-refractivity contribution is 0.00500. The van der Waals surface area contributed by atoms with Crippen molar-refractivity contribution >= 4 is 23.2 Å². The first-order valence-corrected chi connectivity index (χ1v) is 16.3. The van der Waals surface area contributed by atoms with E-state index in [4.69, 9.17) is 30.9 Å². The molecule has 244 valence electrons. The number of morpholine rings is 1. The van der Waals surface area contributed by atoms with Gasteiger partial charge in [-0.2, -0.15) is 0 Å². The quantitative estimate of drug-likeness (QED) is 0.229. The van der Waals surface area contributed by atoms with Crippen LogP contribution in [0.3, 0.4) is 0 Å². The molecule has 15 heteroatoms. The molecule has 2 N–H and O–H groups in total. The second kappa shape index (κ2) is 13.5. The number of ether oxygens (including phenoxy) is 3. The van der Waals surface area contributed by atoms with Crippen LogP contribution in [0.5, 0.6) is 11.6 Å². The lowest BCUT2D eigenvalue weighted by Crippen LogP contribution is -2.45. The third-order valence-electron chi connectivity index (χ3n) is 8.93. The molecular weight excluding hydrogens is 612 g/mol. The van der Waals surface area contributed by atoms with Crippen molar-refractivity contribution in [3.8, 4) is 22.8 Å². The first kappa shape index (κ1) is 30.8. The minimum atomic E-state index is -0.762.